The number of carbonyl (C=O) groups excluding carboxylic acids is 2. The van der Waals surface area contributed by atoms with Crippen LogP contribution >= 0.6 is 11.3 Å². The third kappa shape index (κ3) is 4.27. The van der Waals surface area contributed by atoms with Gasteiger partial charge < -0.3 is 15.3 Å². The molecule has 1 aromatic heterocycles. The largest absolute Gasteiger partial charge is 0.391 e. The van der Waals surface area contributed by atoms with E-state index in [-0.39, 0.29) is 24.8 Å². The molecule has 7 heteroatoms. The lowest BCUT2D eigenvalue weighted by Crippen LogP contribution is -2.45. The Morgan fingerprint density at radius 1 is 1.17 bits per heavy atom. The molecule has 2 N–H and O–H groups in total. The Morgan fingerprint density at radius 3 is 2.57 bits per heavy atom. The Morgan fingerprint density at radius 2 is 1.90 bits per heavy atom. The van der Waals surface area contributed by atoms with Crippen molar-refractivity contribution in [2.75, 3.05) is 6.54 Å². The summed E-state index contributed by atoms with van der Waals surface area (Å²) in [5.74, 6) is -0.491. The number of rotatable bonds is 5. The number of benzene rings is 2. The van der Waals surface area contributed by atoms with Gasteiger partial charge in [0.15, 0.2) is 0 Å². The standard InChI is InChI=1S/C23H23N3O3S/c1-15-21(30-14-25-15)17-9-7-16(8-10-17)12-24-22(28)20-11-19(27)13-26(20)23(29)18-5-3-2-4-6-18/h2-10,14,19-20,27H,11-13H2,1H3,(H,24,28)/t19-,20+/m1/s1. The maximum absolute atomic E-state index is 12.8. The van der Waals surface area contributed by atoms with Gasteiger partial charge in [-0.05, 0) is 30.2 Å². The summed E-state index contributed by atoms with van der Waals surface area (Å²) >= 11 is 1.60. The van der Waals surface area contributed by atoms with Crippen molar-refractivity contribution in [1.82, 2.24) is 15.2 Å². The molecule has 2 aromatic carbocycles. The van der Waals surface area contributed by atoms with E-state index in [0.29, 0.717) is 12.1 Å². The van der Waals surface area contributed by atoms with Gasteiger partial charge >= 0.3 is 0 Å². The number of nitrogens with zero attached hydrogens (tertiary/aromatic N) is 2. The average molecular weight is 422 g/mol. The number of aliphatic hydroxyl groups excluding tert-OH is 1. The number of β-amino-alcohol motifs (C(OH)–C–C–N with tert-alkyl or cyclic N) is 1. The lowest BCUT2D eigenvalue weighted by Gasteiger charge is -2.23. The zero-order chi connectivity index (χ0) is 21.1. The molecule has 2 atom stereocenters. The number of likely N-dealkylation sites (tertiary alicyclic amines) is 1. The normalized spacial score (nSPS) is 18.4. The van der Waals surface area contributed by atoms with E-state index in [0.717, 1.165) is 21.7 Å². The number of nitrogens with one attached hydrogen (secondary N) is 1. The molecule has 0 bridgehead atoms. The van der Waals surface area contributed by atoms with Gasteiger partial charge in [-0.1, -0.05) is 42.5 Å². The first-order valence-corrected chi connectivity index (χ1v) is 10.7. The van der Waals surface area contributed by atoms with Gasteiger partial charge in [-0.25, -0.2) is 4.98 Å². The van der Waals surface area contributed by atoms with Crippen LogP contribution in [-0.4, -0.2) is 45.5 Å². The number of thiazole rings is 1. The first-order chi connectivity index (χ1) is 14.5. The summed E-state index contributed by atoms with van der Waals surface area (Å²) in [6.07, 6.45) is -0.455. The molecule has 1 aliphatic heterocycles. The number of carbonyl (C=O) groups is 2. The topological polar surface area (TPSA) is 82.5 Å². The van der Waals surface area contributed by atoms with Crippen LogP contribution in [0.5, 0.6) is 0 Å². The van der Waals surface area contributed by atoms with Crippen LogP contribution in [-0.2, 0) is 11.3 Å². The molecule has 154 valence electrons. The molecular formula is C23H23N3O3S. The van der Waals surface area contributed by atoms with Crippen LogP contribution in [0.15, 0.2) is 60.1 Å². The van der Waals surface area contributed by atoms with Gasteiger partial charge in [-0.15, -0.1) is 11.3 Å². The Kier molecular flexibility index (Phi) is 5.92. The number of aromatic nitrogens is 1. The van der Waals surface area contributed by atoms with Crippen molar-refractivity contribution in [3.63, 3.8) is 0 Å². The van der Waals surface area contributed by atoms with Crippen molar-refractivity contribution >= 4 is 23.2 Å². The number of hydrogen-bond acceptors (Lipinski definition) is 5. The van der Waals surface area contributed by atoms with Gasteiger partial charge in [0.05, 0.1) is 22.2 Å². The van der Waals surface area contributed by atoms with Crippen molar-refractivity contribution in [3.05, 3.63) is 76.9 Å². The van der Waals surface area contributed by atoms with Crippen molar-refractivity contribution in [2.45, 2.75) is 32.0 Å². The Bertz CT molecular complexity index is 1030. The van der Waals surface area contributed by atoms with Crippen LogP contribution in [0.4, 0.5) is 0 Å². The summed E-state index contributed by atoms with van der Waals surface area (Å²) in [5.41, 5.74) is 5.41. The molecular weight excluding hydrogens is 398 g/mol. The van der Waals surface area contributed by atoms with Crippen molar-refractivity contribution in [2.24, 2.45) is 0 Å². The lowest BCUT2D eigenvalue weighted by atomic mass is 10.1. The van der Waals surface area contributed by atoms with Gasteiger partial charge in [0.2, 0.25) is 5.91 Å². The first kappa shape index (κ1) is 20.3. The summed E-state index contributed by atoms with van der Waals surface area (Å²) in [4.78, 5) is 32.5. The van der Waals surface area contributed by atoms with E-state index in [1.165, 1.54) is 4.90 Å². The van der Waals surface area contributed by atoms with Crippen LogP contribution in [0.1, 0.15) is 28.0 Å². The Labute approximate surface area is 179 Å². The quantitative estimate of drug-likeness (QED) is 0.664. The second kappa shape index (κ2) is 8.77. The minimum absolute atomic E-state index is 0.161. The van der Waals surface area contributed by atoms with E-state index in [1.54, 1.807) is 35.6 Å². The molecule has 2 heterocycles. The second-order valence-corrected chi connectivity index (χ2v) is 8.27. The highest BCUT2D eigenvalue weighted by Gasteiger charge is 2.39. The summed E-state index contributed by atoms with van der Waals surface area (Å²) < 4.78 is 0. The Balaban J connectivity index is 1.40. The molecule has 0 unspecified atom stereocenters. The van der Waals surface area contributed by atoms with Crippen LogP contribution in [0.3, 0.4) is 0 Å². The second-order valence-electron chi connectivity index (χ2n) is 7.41. The third-order valence-electron chi connectivity index (χ3n) is 5.29. The smallest absolute Gasteiger partial charge is 0.254 e. The highest BCUT2D eigenvalue weighted by Crippen LogP contribution is 2.27. The molecule has 2 amide bonds. The van der Waals surface area contributed by atoms with Crippen molar-refractivity contribution in [1.29, 1.82) is 0 Å². The summed E-state index contributed by atoms with van der Waals surface area (Å²) in [6, 6.07) is 16.2. The van der Waals surface area contributed by atoms with E-state index in [9.17, 15) is 14.7 Å². The number of aliphatic hydroxyl groups is 1. The maximum Gasteiger partial charge on any atom is 0.254 e. The highest BCUT2D eigenvalue weighted by atomic mass is 32.1. The number of hydrogen-bond donors (Lipinski definition) is 2. The molecule has 30 heavy (non-hydrogen) atoms. The van der Waals surface area contributed by atoms with E-state index < -0.39 is 12.1 Å². The van der Waals surface area contributed by atoms with E-state index in [4.69, 9.17) is 0 Å². The monoisotopic (exact) mass is 421 g/mol. The van der Waals surface area contributed by atoms with Crippen molar-refractivity contribution < 1.29 is 14.7 Å². The molecule has 4 rings (SSSR count). The predicted molar refractivity (Wildman–Crippen MR) is 116 cm³/mol. The van der Waals surface area contributed by atoms with Crippen LogP contribution < -0.4 is 5.32 Å². The Hall–Kier alpha value is -3.03. The molecule has 1 aliphatic rings. The van der Waals surface area contributed by atoms with Crippen LogP contribution in [0, 0.1) is 6.92 Å². The van der Waals surface area contributed by atoms with Gasteiger partial charge in [0.1, 0.15) is 6.04 Å². The average Bonchev–Trinajstić information content (AvgIpc) is 3.38. The van der Waals surface area contributed by atoms with Gasteiger partial charge in [0, 0.05) is 25.1 Å². The zero-order valence-electron chi connectivity index (χ0n) is 16.6. The third-order valence-corrected chi connectivity index (χ3v) is 6.27. The molecule has 0 radical (unpaired) electrons. The van der Waals surface area contributed by atoms with E-state index in [2.05, 4.69) is 10.3 Å². The van der Waals surface area contributed by atoms with E-state index >= 15 is 0 Å². The minimum Gasteiger partial charge on any atom is -0.391 e. The van der Waals surface area contributed by atoms with E-state index in [1.807, 2.05) is 42.8 Å². The summed E-state index contributed by atoms with van der Waals surface area (Å²) in [7, 11) is 0. The molecule has 0 spiro atoms. The molecule has 3 aromatic rings. The van der Waals surface area contributed by atoms with Gasteiger partial charge in [-0.3, -0.25) is 9.59 Å². The first-order valence-electron chi connectivity index (χ1n) is 9.84. The highest BCUT2D eigenvalue weighted by molar-refractivity contribution is 7.13. The molecule has 0 aliphatic carbocycles. The summed E-state index contributed by atoms with van der Waals surface area (Å²) in [5, 5.41) is 13.0. The molecule has 1 saturated heterocycles. The predicted octanol–water partition coefficient (Wildman–Crippen LogP) is 3.01. The fourth-order valence-electron chi connectivity index (χ4n) is 3.69. The molecule has 0 saturated carbocycles. The van der Waals surface area contributed by atoms with Crippen LogP contribution in [0.2, 0.25) is 0 Å². The maximum atomic E-state index is 12.8. The summed E-state index contributed by atoms with van der Waals surface area (Å²) in [6.45, 7) is 2.51. The lowest BCUT2D eigenvalue weighted by molar-refractivity contribution is -0.125. The SMILES string of the molecule is Cc1ncsc1-c1ccc(CNC(=O)[C@@H]2C[C@@H](O)CN2C(=O)c2ccccc2)cc1. The number of amides is 2. The fraction of sp³-hybridized carbons (Fsp3) is 0.261. The van der Waals surface area contributed by atoms with Crippen LogP contribution in [0.25, 0.3) is 10.4 Å². The molecule has 1 fully saturated rings. The minimum atomic E-state index is -0.699. The van der Waals surface area contributed by atoms with Gasteiger partial charge in [-0.2, -0.15) is 0 Å². The number of aryl methyl sites for hydroxylation is 1. The zero-order valence-corrected chi connectivity index (χ0v) is 17.4. The van der Waals surface area contributed by atoms with Crippen molar-refractivity contribution in [3.8, 4) is 10.4 Å². The molecule has 6 nitrogen and oxygen atoms in total. The fourth-order valence-corrected chi connectivity index (χ4v) is 4.50. The van der Waals surface area contributed by atoms with Gasteiger partial charge in [0.25, 0.3) is 5.91 Å².